The molecule has 1 aromatic rings. The molecular formula is C10H9O2. The number of hydrogen-bond acceptors (Lipinski definition) is 2. The van der Waals surface area contributed by atoms with Gasteiger partial charge in [-0.3, -0.25) is 0 Å². The number of ether oxygens (including phenoxy) is 1. The van der Waals surface area contributed by atoms with Gasteiger partial charge in [0.25, 0.3) is 0 Å². The van der Waals surface area contributed by atoms with E-state index in [-0.39, 0.29) is 5.97 Å². The molecule has 0 N–H and O–H groups in total. The first-order chi connectivity index (χ1) is 5.84. The number of hydrogen-bond donors (Lipinski definition) is 0. The van der Waals surface area contributed by atoms with Crippen LogP contribution in [0, 0.1) is 6.61 Å². The SMILES string of the molecule is C=C[CH]O[14C](=O)c1ccccc1. The molecule has 1 radical (unpaired) electrons. The smallest absolute Gasteiger partial charge is 0.338 e. The van der Waals surface area contributed by atoms with E-state index in [2.05, 4.69) is 6.58 Å². The highest BCUT2D eigenvalue weighted by Crippen LogP contribution is 2.01. The maximum Gasteiger partial charge on any atom is 0.338 e. The highest BCUT2D eigenvalue weighted by molar-refractivity contribution is 5.89. The Kier molecular flexibility index (Phi) is 3.08. The molecule has 2 heteroatoms. The quantitative estimate of drug-likeness (QED) is 0.638. The van der Waals surface area contributed by atoms with Crippen molar-refractivity contribution in [2.75, 3.05) is 0 Å². The summed E-state index contributed by atoms with van der Waals surface area (Å²) in [5, 5.41) is 0. The minimum Gasteiger partial charge on any atom is -0.450 e. The van der Waals surface area contributed by atoms with Gasteiger partial charge >= 0.3 is 5.97 Å². The zero-order valence-corrected chi connectivity index (χ0v) is 6.57. The largest absolute Gasteiger partial charge is 0.450 e. The van der Waals surface area contributed by atoms with Crippen molar-refractivity contribution in [3.63, 3.8) is 0 Å². The zero-order chi connectivity index (χ0) is 8.81. The standard InChI is InChI=1S/C10H9O2/c1-2-8-12-10(11)9-6-4-3-5-7-9/h2-8H,1H2/i10+2. The maximum atomic E-state index is 11.1. The molecule has 0 saturated heterocycles. The van der Waals surface area contributed by atoms with E-state index in [0.29, 0.717) is 5.56 Å². The van der Waals surface area contributed by atoms with Gasteiger partial charge in [-0.25, -0.2) is 4.79 Å². The Morgan fingerprint density at radius 2 is 2.00 bits per heavy atom. The summed E-state index contributed by atoms with van der Waals surface area (Å²) in [5.41, 5.74) is 0.538. The highest BCUT2D eigenvalue weighted by atomic mass is 16.8. The van der Waals surface area contributed by atoms with Crippen molar-refractivity contribution >= 4 is 5.97 Å². The number of carbonyl (C=O) groups excluding carboxylic acids is 1. The third kappa shape index (κ3) is 2.23. The average molecular weight is 163 g/mol. The van der Waals surface area contributed by atoms with Crippen molar-refractivity contribution in [3.05, 3.63) is 55.2 Å². The van der Waals surface area contributed by atoms with E-state index in [1.54, 1.807) is 24.3 Å². The first-order valence-corrected chi connectivity index (χ1v) is 3.55. The van der Waals surface area contributed by atoms with Crippen LogP contribution in [0.2, 0.25) is 0 Å². The lowest BCUT2D eigenvalue weighted by molar-refractivity contribution is 0.0625. The molecule has 12 heavy (non-hydrogen) atoms. The van der Waals surface area contributed by atoms with Gasteiger partial charge in [0.15, 0.2) is 6.61 Å². The summed E-state index contributed by atoms with van der Waals surface area (Å²) in [4.78, 5) is 11.1. The van der Waals surface area contributed by atoms with Gasteiger partial charge in [0.2, 0.25) is 0 Å². The predicted octanol–water partition coefficient (Wildman–Crippen LogP) is 2.19. The van der Waals surface area contributed by atoms with Crippen LogP contribution >= 0.6 is 0 Å². The van der Waals surface area contributed by atoms with Gasteiger partial charge in [0.1, 0.15) is 0 Å². The molecule has 0 fully saturated rings. The summed E-state index contributed by atoms with van der Waals surface area (Å²) in [7, 11) is 0. The third-order valence-corrected chi connectivity index (χ3v) is 1.28. The first-order valence-electron chi connectivity index (χ1n) is 3.55. The van der Waals surface area contributed by atoms with Gasteiger partial charge in [-0.15, -0.1) is 0 Å². The van der Waals surface area contributed by atoms with E-state index in [4.69, 9.17) is 4.74 Å². The molecule has 0 bridgehead atoms. The second kappa shape index (κ2) is 4.34. The first kappa shape index (κ1) is 8.53. The average Bonchev–Trinajstić information content (AvgIpc) is 2.15. The van der Waals surface area contributed by atoms with E-state index in [9.17, 15) is 4.79 Å². The normalized spacial score (nSPS) is 9.00. The summed E-state index contributed by atoms with van der Waals surface area (Å²) in [6.45, 7) is 4.65. The fourth-order valence-electron chi connectivity index (χ4n) is 0.752. The van der Waals surface area contributed by atoms with Crippen molar-refractivity contribution in [1.82, 2.24) is 0 Å². The Bertz CT molecular complexity index is 264. The number of esters is 1. The van der Waals surface area contributed by atoms with Gasteiger partial charge in [0, 0.05) is 0 Å². The van der Waals surface area contributed by atoms with Crippen LogP contribution in [0.25, 0.3) is 0 Å². The minimum absolute atomic E-state index is 0.365. The van der Waals surface area contributed by atoms with E-state index < -0.39 is 0 Å². The fraction of sp³-hybridized carbons (Fsp3) is 0. The lowest BCUT2D eigenvalue weighted by Crippen LogP contribution is -2.01. The summed E-state index contributed by atoms with van der Waals surface area (Å²) < 4.78 is 4.70. The molecule has 0 unspecified atom stereocenters. The molecule has 0 aliphatic rings. The van der Waals surface area contributed by atoms with E-state index in [1.807, 2.05) is 6.07 Å². The van der Waals surface area contributed by atoms with Gasteiger partial charge in [0.05, 0.1) is 5.56 Å². The van der Waals surface area contributed by atoms with Crippen LogP contribution in [0.5, 0.6) is 0 Å². The summed E-state index contributed by atoms with van der Waals surface area (Å²) >= 11 is 0. The van der Waals surface area contributed by atoms with Crippen molar-refractivity contribution in [2.24, 2.45) is 0 Å². The Morgan fingerprint density at radius 3 is 2.58 bits per heavy atom. The van der Waals surface area contributed by atoms with E-state index in [0.717, 1.165) is 0 Å². The van der Waals surface area contributed by atoms with Crippen molar-refractivity contribution in [1.29, 1.82) is 0 Å². The number of benzene rings is 1. The molecule has 1 rings (SSSR count). The topological polar surface area (TPSA) is 26.3 Å². The molecule has 1 aromatic carbocycles. The highest BCUT2D eigenvalue weighted by Gasteiger charge is 2.03. The molecule has 0 aromatic heterocycles. The van der Waals surface area contributed by atoms with Crippen LogP contribution in [-0.4, -0.2) is 5.97 Å². The molecule has 0 aliphatic heterocycles. The number of rotatable bonds is 3. The van der Waals surface area contributed by atoms with Crippen molar-refractivity contribution < 1.29 is 9.53 Å². The molecule has 0 amide bonds. The summed E-state index contributed by atoms with van der Waals surface area (Å²) in [6, 6.07) is 8.79. The monoisotopic (exact) mass is 163 g/mol. The van der Waals surface area contributed by atoms with Gasteiger partial charge in [-0.1, -0.05) is 24.8 Å². The molecule has 61 valence electrons. The summed E-state index contributed by atoms with van der Waals surface area (Å²) in [5.74, 6) is -0.365. The van der Waals surface area contributed by atoms with Crippen LogP contribution in [0.15, 0.2) is 43.0 Å². The van der Waals surface area contributed by atoms with Crippen LogP contribution in [0.3, 0.4) is 0 Å². The third-order valence-electron chi connectivity index (χ3n) is 1.28. The van der Waals surface area contributed by atoms with Crippen LogP contribution in [0.1, 0.15) is 10.4 Å². The Hall–Kier alpha value is -1.57. The molecule has 0 aliphatic carbocycles. The van der Waals surface area contributed by atoms with Gasteiger partial charge < -0.3 is 4.74 Å². The fourth-order valence-corrected chi connectivity index (χ4v) is 0.752. The molecule has 0 spiro atoms. The van der Waals surface area contributed by atoms with Crippen LogP contribution in [0.4, 0.5) is 0 Å². The lowest BCUT2D eigenvalue weighted by atomic mass is 10.3. The Morgan fingerprint density at radius 1 is 1.33 bits per heavy atom. The van der Waals surface area contributed by atoms with E-state index >= 15 is 0 Å². The van der Waals surface area contributed by atoms with Crippen LogP contribution < -0.4 is 0 Å². The minimum atomic E-state index is -0.365. The van der Waals surface area contributed by atoms with Crippen molar-refractivity contribution in [3.8, 4) is 0 Å². The Balaban J connectivity index is 2.59. The van der Waals surface area contributed by atoms with Crippen LogP contribution in [-0.2, 0) is 4.74 Å². The second-order valence-electron chi connectivity index (χ2n) is 2.14. The maximum absolute atomic E-state index is 11.1. The zero-order valence-electron chi connectivity index (χ0n) is 6.57. The molecule has 0 saturated carbocycles. The predicted molar refractivity (Wildman–Crippen MR) is 46.4 cm³/mol. The molecule has 0 atom stereocenters. The van der Waals surface area contributed by atoms with E-state index in [1.165, 1.54) is 12.7 Å². The Labute approximate surface area is 71.5 Å². The molecule has 0 heterocycles. The molecular weight excluding hydrogens is 154 g/mol. The lowest BCUT2D eigenvalue weighted by Gasteiger charge is -1.99. The molecule has 2 nitrogen and oxygen atoms in total. The van der Waals surface area contributed by atoms with Gasteiger partial charge in [-0.05, 0) is 18.2 Å². The number of carbonyl (C=O) groups is 1. The summed E-state index contributed by atoms with van der Waals surface area (Å²) in [6.07, 6.45) is 1.42. The second-order valence-corrected chi connectivity index (χ2v) is 2.14. The van der Waals surface area contributed by atoms with Gasteiger partial charge in [-0.2, -0.15) is 0 Å². The van der Waals surface area contributed by atoms with Crippen molar-refractivity contribution in [2.45, 2.75) is 0 Å².